The molecule has 8 N–H and O–H groups in total. The van der Waals surface area contributed by atoms with Crippen molar-refractivity contribution in [1.29, 1.82) is 0 Å². The third-order valence-electron chi connectivity index (χ3n) is 5.62. The first-order valence-corrected chi connectivity index (χ1v) is 21.7. The molecule has 1 aliphatic carbocycles. The molecular formula is C14H8O26S8. The number of hydrogen-bond donors (Lipinski definition) is 8. The molecule has 0 aromatic heterocycles. The van der Waals surface area contributed by atoms with E-state index < -0.39 is 154 Å². The molecule has 3 rings (SSSR count). The van der Waals surface area contributed by atoms with Crippen molar-refractivity contribution in [3.8, 4) is 0 Å². The lowest BCUT2D eigenvalue weighted by Gasteiger charge is -2.27. The zero-order chi connectivity index (χ0) is 38.1. The minimum absolute atomic E-state index is 2.78. The summed E-state index contributed by atoms with van der Waals surface area (Å²) in [6, 6.07) is 0. The zero-order valence-corrected chi connectivity index (χ0v) is 27.7. The molecule has 0 aliphatic heterocycles. The highest BCUT2D eigenvalue weighted by molar-refractivity contribution is 7.92. The maximum atomic E-state index is 13.8. The predicted molar refractivity (Wildman–Crippen MR) is 138 cm³/mol. The van der Waals surface area contributed by atoms with Gasteiger partial charge in [-0.25, -0.2) is 0 Å². The van der Waals surface area contributed by atoms with Crippen molar-refractivity contribution >= 4 is 92.5 Å². The van der Waals surface area contributed by atoms with E-state index in [9.17, 15) is 113 Å². The summed E-state index contributed by atoms with van der Waals surface area (Å²) in [6.45, 7) is 0. The van der Waals surface area contributed by atoms with Crippen molar-refractivity contribution in [3.63, 3.8) is 0 Å². The Morgan fingerprint density at radius 3 is 0.417 bits per heavy atom. The number of benzene rings is 2. The summed E-state index contributed by atoms with van der Waals surface area (Å²) in [5.74, 6) is -6.21. The minimum Gasteiger partial charge on any atom is -0.288 e. The van der Waals surface area contributed by atoms with Crippen LogP contribution in [-0.2, 0) is 80.9 Å². The first-order valence-electron chi connectivity index (χ1n) is 10.2. The van der Waals surface area contributed by atoms with Crippen LogP contribution in [0.15, 0.2) is 39.2 Å². The van der Waals surface area contributed by atoms with Crippen LogP contribution in [0.5, 0.6) is 0 Å². The SMILES string of the molecule is O=C1c2c(c(S(=O)(=O)O)c(S(=O)(=O)O)c(S(=O)(=O)O)c2S(=O)(=O)O)C(=O)c2c1c(S(=O)(=O)O)c(S(=O)(=O)O)c(S(=O)(=O)O)c2S(=O)(=O)O. The molecule has 48 heavy (non-hydrogen) atoms. The fraction of sp³-hybridized carbons (Fsp3) is 0. The van der Waals surface area contributed by atoms with Crippen molar-refractivity contribution in [2.24, 2.45) is 0 Å². The van der Waals surface area contributed by atoms with Gasteiger partial charge in [0.15, 0.2) is 11.6 Å². The summed E-state index contributed by atoms with van der Waals surface area (Å²) in [5.41, 5.74) is -11.1. The van der Waals surface area contributed by atoms with Crippen LogP contribution in [0.25, 0.3) is 0 Å². The lowest BCUT2D eigenvalue weighted by atomic mass is 9.83. The monoisotopic (exact) mass is 848 g/mol. The molecule has 0 atom stereocenters. The van der Waals surface area contributed by atoms with Gasteiger partial charge in [0.2, 0.25) is 0 Å². The van der Waals surface area contributed by atoms with Crippen LogP contribution in [0.3, 0.4) is 0 Å². The average molecular weight is 849 g/mol. The number of carbonyl (C=O) groups is 2. The quantitative estimate of drug-likeness (QED) is 0.102. The van der Waals surface area contributed by atoms with Gasteiger partial charge in [-0.1, -0.05) is 0 Å². The normalized spacial score (nSPS) is 15.2. The molecule has 2 aromatic rings. The summed E-state index contributed by atoms with van der Waals surface area (Å²) in [4.78, 5) is 2.82. The van der Waals surface area contributed by atoms with Gasteiger partial charge < -0.3 is 0 Å². The topological polar surface area (TPSA) is 469 Å². The molecule has 26 nitrogen and oxygen atoms in total. The first-order chi connectivity index (χ1) is 20.8. The molecule has 0 spiro atoms. The van der Waals surface area contributed by atoms with Crippen molar-refractivity contribution in [2.45, 2.75) is 39.2 Å². The molecule has 0 saturated carbocycles. The Morgan fingerprint density at radius 2 is 0.333 bits per heavy atom. The highest BCUT2D eigenvalue weighted by atomic mass is 32.3. The second-order valence-corrected chi connectivity index (χ2v) is 19.5. The molecule has 268 valence electrons. The summed E-state index contributed by atoms with van der Waals surface area (Å²) in [6.07, 6.45) is 0. The Bertz CT molecular complexity index is 2460. The third-order valence-corrected chi connectivity index (χ3v) is 13.8. The molecule has 0 saturated heterocycles. The van der Waals surface area contributed by atoms with E-state index in [1.807, 2.05) is 0 Å². The van der Waals surface area contributed by atoms with Gasteiger partial charge in [0.25, 0.3) is 80.9 Å². The Kier molecular flexibility index (Phi) is 8.87. The third kappa shape index (κ3) is 6.40. The van der Waals surface area contributed by atoms with Gasteiger partial charge in [-0.3, -0.25) is 46.0 Å². The smallest absolute Gasteiger partial charge is 0.288 e. The van der Waals surface area contributed by atoms with Gasteiger partial charge in [-0.2, -0.15) is 67.3 Å². The Morgan fingerprint density at radius 1 is 0.229 bits per heavy atom. The van der Waals surface area contributed by atoms with Gasteiger partial charge in [0.05, 0.1) is 22.3 Å². The molecule has 0 heterocycles. The predicted octanol–water partition coefficient (Wildman–Crippen LogP) is -3.56. The van der Waals surface area contributed by atoms with Crippen LogP contribution < -0.4 is 0 Å². The van der Waals surface area contributed by atoms with Crippen molar-refractivity contribution in [1.82, 2.24) is 0 Å². The largest absolute Gasteiger partial charge is 0.297 e. The summed E-state index contributed by atoms with van der Waals surface area (Å²) >= 11 is 0. The van der Waals surface area contributed by atoms with E-state index in [0.717, 1.165) is 0 Å². The molecule has 0 bridgehead atoms. The highest BCUT2D eigenvalue weighted by Crippen LogP contribution is 2.49. The number of rotatable bonds is 8. The van der Waals surface area contributed by atoms with Crippen LogP contribution in [0.4, 0.5) is 0 Å². The highest BCUT2D eigenvalue weighted by Gasteiger charge is 2.54. The van der Waals surface area contributed by atoms with Gasteiger partial charge in [0.1, 0.15) is 39.2 Å². The van der Waals surface area contributed by atoms with Gasteiger partial charge in [-0.15, -0.1) is 0 Å². The molecule has 1 aliphatic rings. The standard InChI is InChI=1S/C14H8O26S8/c15-5-1-2(8(42(20,21)22)12(46(32,33)34)11(45(29,30)31)7(1)41(17,18)19)6(16)4-3(5)9(43(23,24)25)13(47(35,36)37)14(48(38,39)40)10(4)44(26,27)28/h(H,17,18,19)(H,20,21,22)(H,23,24,25)(H,26,27,28)(H,29,30,31)(H,32,33,34)(H,35,36,37)(H,38,39,40). The van der Waals surface area contributed by atoms with E-state index in [-0.39, 0.29) is 0 Å². The maximum Gasteiger partial charge on any atom is 0.297 e. The number of fused-ring (bicyclic) bond motifs is 2. The van der Waals surface area contributed by atoms with E-state index >= 15 is 0 Å². The Labute approximate surface area is 266 Å². The van der Waals surface area contributed by atoms with Crippen LogP contribution in [0, 0.1) is 0 Å². The molecule has 0 radical (unpaired) electrons. The van der Waals surface area contributed by atoms with Crippen molar-refractivity contribution in [2.75, 3.05) is 0 Å². The lowest BCUT2D eigenvalue weighted by Crippen LogP contribution is -2.34. The zero-order valence-electron chi connectivity index (χ0n) is 21.2. The second kappa shape index (κ2) is 10.8. The van der Waals surface area contributed by atoms with E-state index in [2.05, 4.69) is 0 Å². The first kappa shape index (κ1) is 39.5. The average Bonchev–Trinajstić information content (AvgIpc) is 2.78. The molecule has 0 amide bonds. The van der Waals surface area contributed by atoms with E-state index in [0.29, 0.717) is 0 Å². The van der Waals surface area contributed by atoms with E-state index in [4.69, 9.17) is 0 Å². The summed E-state index contributed by atoms with van der Waals surface area (Å²) < 4.78 is 274. The van der Waals surface area contributed by atoms with Gasteiger partial charge in [-0.05, 0) is 0 Å². The van der Waals surface area contributed by atoms with Crippen molar-refractivity contribution in [3.05, 3.63) is 22.3 Å². The minimum atomic E-state index is -6.87. The molecule has 2 aromatic carbocycles. The number of ketones is 2. The lowest BCUT2D eigenvalue weighted by molar-refractivity contribution is 0.0965. The second-order valence-electron chi connectivity index (χ2n) is 8.59. The number of hydrogen-bond acceptors (Lipinski definition) is 18. The fourth-order valence-corrected chi connectivity index (χ4v) is 14.3. The van der Waals surface area contributed by atoms with Gasteiger partial charge in [0, 0.05) is 0 Å². The number of carbonyl (C=O) groups excluding carboxylic acids is 2. The molecule has 0 fully saturated rings. The maximum absolute atomic E-state index is 13.8. The Hall–Kier alpha value is -2.94. The summed E-state index contributed by atoms with van der Waals surface area (Å²) in [5, 5.41) is 0. The Balaban J connectivity index is 3.25. The summed E-state index contributed by atoms with van der Waals surface area (Å²) in [7, 11) is -54.9. The van der Waals surface area contributed by atoms with E-state index in [1.165, 1.54) is 0 Å². The fourth-order valence-electron chi connectivity index (χ4n) is 4.36. The van der Waals surface area contributed by atoms with Crippen LogP contribution in [-0.4, -0.2) is 115 Å². The van der Waals surface area contributed by atoms with Crippen LogP contribution >= 0.6 is 0 Å². The van der Waals surface area contributed by atoms with Crippen LogP contribution in [0.2, 0.25) is 0 Å². The van der Waals surface area contributed by atoms with Crippen LogP contribution in [0.1, 0.15) is 31.8 Å². The van der Waals surface area contributed by atoms with E-state index in [1.54, 1.807) is 0 Å². The molecular weight excluding hydrogens is 841 g/mol. The van der Waals surface area contributed by atoms with Crippen molar-refractivity contribution < 1.29 is 113 Å². The molecule has 0 unspecified atom stereocenters. The van der Waals surface area contributed by atoms with Gasteiger partial charge >= 0.3 is 0 Å². The molecule has 34 heteroatoms.